The average Bonchev–Trinajstić information content (AvgIpc) is 3.57. The highest BCUT2D eigenvalue weighted by Crippen LogP contribution is 2.22. The quantitative estimate of drug-likeness (QED) is 0.271. The van der Waals surface area contributed by atoms with E-state index in [0.29, 0.717) is 23.7 Å². The van der Waals surface area contributed by atoms with Crippen molar-refractivity contribution in [3.8, 4) is 11.4 Å². The van der Waals surface area contributed by atoms with Gasteiger partial charge in [0.25, 0.3) is 5.91 Å². The molecule has 0 saturated heterocycles. The van der Waals surface area contributed by atoms with Crippen molar-refractivity contribution in [3.63, 3.8) is 0 Å². The molecule has 2 heterocycles. The molecule has 4 aromatic rings. The fraction of sp³-hybridized carbons (Fsp3) is 0.222. The van der Waals surface area contributed by atoms with Gasteiger partial charge < -0.3 is 14.1 Å². The monoisotopic (exact) mass is 485 g/mol. The van der Waals surface area contributed by atoms with Crippen molar-refractivity contribution in [1.29, 1.82) is 0 Å². The number of carbonyl (C=O) groups excluding carboxylic acids is 2. The molecule has 0 N–H and O–H groups in total. The maximum Gasteiger partial charge on any atom is 0.357 e. The first kappa shape index (κ1) is 24.6. The fourth-order valence-corrected chi connectivity index (χ4v) is 3.58. The van der Waals surface area contributed by atoms with Crippen LogP contribution in [0.25, 0.3) is 23.2 Å². The second-order valence-corrected chi connectivity index (χ2v) is 9.04. The van der Waals surface area contributed by atoms with E-state index in [0.717, 1.165) is 5.56 Å². The lowest BCUT2D eigenvalue weighted by atomic mass is 10.0. The number of benzene rings is 2. The van der Waals surface area contributed by atoms with Crippen molar-refractivity contribution in [2.75, 3.05) is 6.61 Å². The molecule has 1 amide bonds. The van der Waals surface area contributed by atoms with Crippen molar-refractivity contribution >= 4 is 23.6 Å². The summed E-state index contributed by atoms with van der Waals surface area (Å²) in [6, 6.07) is 22.2. The molecular weight excluding hydrogens is 458 g/mol. The third-order valence-corrected chi connectivity index (χ3v) is 5.38. The number of carbonyl (C=O) groups is 2. The summed E-state index contributed by atoms with van der Waals surface area (Å²) >= 11 is 0. The van der Waals surface area contributed by atoms with E-state index < -0.39 is 18.1 Å². The molecule has 0 radical (unpaired) electrons. The second kappa shape index (κ2) is 10.8. The number of esters is 1. The topological polar surface area (TPSA) is 103 Å². The molecule has 4 rings (SSSR count). The summed E-state index contributed by atoms with van der Waals surface area (Å²) in [4.78, 5) is 28.1. The van der Waals surface area contributed by atoms with Gasteiger partial charge in [-0.25, -0.2) is 4.79 Å². The molecule has 0 fully saturated rings. The minimum atomic E-state index is -0.766. The van der Waals surface area contributed by atoms with E-state index in [1.54, 1.807) is 17.0 Å². The molecule has 0 bridgehead atoms. The molecular formula is C27H27N5O4. The van der Waals surface area contributed by atoms with Crippen molar-refractivity contribution in [1.82, 2.24) is 25.1 Å². The van der Waals surface area contributed by atoms with E-state index in [4.69, 9.17) is 9.15 Å². The Labute approximate surface area is 209 Å². The third-order valence-electron chi connectivity index (χ3n) is 5.38. The van der Waals surface area contributed by atoms with Crippen molar-refractivity contribution < 1.29 is 18.7 Å². The smallest absolute Gasteiger partial charge is 0.357 e. The molecule has 9 nitrogen and oxygen atoms in total. The third kappa shape index (κ3) is 5.93. The van der Waals surface area contributed by atoms with E-state index in [2.05, 4.69) is 15.5 Å². The maximum atomic E-state index is 13.3. The molecule has 0 saturated carbocycles. The number of aromatic nitrogens is 4. The molecule has 0 atom stereocenters. The van der Waals surface area contributed by atoms with Gasteiger partial charge in [-0.3, -0.25) is 4.79 Å². The zero-order valence-electron chi connectivity index (χ0n) is 20.4. The van der Waals surface area contributed by atoms with Gasteiger partial charge in [-0.1, -0.05) is 60.7 Å². The Morgan fingerprint density at radius 2 is 1.69 bits per heavy atom. The van der Waals surface area contributed by atoms with Crippen molar-refractivity contribution in [2.45, 2.75) is 32.9 Å². The van der Waals surface area contributed by atoms with Crippen LogP contribution in [-0.4, -0.2) is 49.1 Å². The summed E-state index contributed by atoms with van der Waals surface area (Å²) in [5, 5.41) is 11.8. The Bertz CT molecular complexity index is 1320. The first-order valence-corrected chi connectivity index (χ1v) is 11.4. The highest BCUT2D eigenvalue weighted by atomic mass is 16.5. The molecule has 0 spiro atoms. The molecule has 0 unspecified atom stereocenters. The maximum absolute atomic E-state index is 13.3. The van der Waals surface area contributed by atoms with Crippen LogP contribution in [0, 0.1) is 0 Å². The van der Waals surface area contributed by atoms with Gasteiger partial charge in [0.15, 0.2) is 18.1 Å². The van der Waals surface area contributed by atoms with Crippen LogP contribution in [-0.2, 0) is 20.9 Å². The van der Waals surface area contributed by atoms with Gasteiger partial charge in [0.2, 0.25) is 0 Å². The van der Waals surface area contributed by atoms with Crippen molar-refractivity contribution in [2.24, 2.45) is 0 Å². The van der Waals surface area contributed by atoms with E-state index >= 15 is 0 Å². The SMILES string of the molecule is CC(C)(C)N(Cc1ccccc1)C(=O)COC(=O)/C(=C\c1ccco1)n1nnnc1-c1ccccc1. The number of ether oxygens (including phenoxy) is 1. The molecule has 184 valence electrons. The molecule has 0 aliphatic rings. The molecule has 2 aromatic carbocycles. The summed E-state index contributed by atoms with van der Waals surface area (Å²) in [5.41, 5.74) is 1.21. The number of amides is 1. The molecule has 2 aromatic heterocycles. The van der Waals surface area contributed by atoms with Crippen LogP contribution in [0.1, 0.15) is 32.1 Å². The Kier molecular flexibility index (Phi) is 7.39. The number of nitrogens with zero attached hydrogens (tertiary/aromatic N) is 5. The first-order chi connectivity index (χ1) is 17.3. The van der Waals surface area contributed by atoms with Gasteiger partial charge in [-0.2, -0.15) is 4.68 Å². The van der Waals surface area contributed by atoms with Crippen LogP contribution >= 0.6 is 0 Å². The average molecular weight is 486 g/mol. The van der Waals surface area contributed by atoms with E-state index in [1.165, 1.54) is 17.0 Å². The summed E-state index contributed by atoms with van der Waals surface area (Å²) in [6.45, 7) is 5.75. The standard InChI is InChI=1S/C27H27N5O4/c1-27(2,3)31(18-20-11-6-4-7-12-20)24(33)19-36-26(34)23(17-22-15-10-16-35-22)32-25(28-29-30-32)21-13-8-5-9-14-21/h4-17H,18-19H2,1-3H3/b23-17+. The summed E-state index contributed by atoms with van der Waals surface area (Å²) in [5.74, 6) is -0.338. The number of hydrogen-bond acceptors (Lipinski definition) is 7. The van der Waals surface area contributed by atoms with Crippen molar-refractivity contribution in [3.05, 3.63) is 90.4 Å². The van der Waals surface area contributed by atoms with Gasteiger partial charge in [0.05, 0.1) is 6.26 Å². The van der Waals surface area contributed by atoms with E-state index in [1.807, 2.05) is 81.4 Å². The zero-order chi connectivity index (χ0) is 25.5. The molecule has 9 heteroatoms. The van der Waals surface area contributed by atoms with E-state index in [9.17, 15) is 9.59 Å². The Hall–Kier alpha value is -4.53. The predicted octanol–water partition coefficient (Wildman–Crippen LogP) is 4.30. The van der Waals surface area contributed by atoms with E-state index in [-0.39, 0.29) is 11.6 Å². The molecule has 36 heavy (non-hydrogen) atoms. The molecule has 0 aliphatic carbocycles. The lowest BCUT2D eigenvalue weighted by Crippen LogP contribution is -2.46. The van der Waals surface area contributed by atoms with Crippen LogP contribution in [0.2, 0.25) is 0 Å². The van der Waals surface area contributed by atoms with Crippen LogP contribution < -0.4 is 0 Å². The van der Waals surface area contributed by atoms with Gasteiger partial charge in [-0.05, 0) is 48.9 Å². The number of furan rings is 1. The van der Waals surface area contributed by atoms with Crippen LogP contribution in [0.15, 0.2) is 83.5 Å². The minimum absolute atomic E-state index is 0.00645. The summed E-state index contributed by atoms with van der Waals surface area (Å²) < 4.78 is 12.2. The normalized spacial score (nSPS) is 11.8. The number of hydrogen-bond donors (Lipinski definition) is 0. The second-order valence-electron chi connectivity index (χ2n) is 9.04. The van der Waals surface area contributed by atoms with Gasteiger partial charge in [0.1, 0.15) is 5.76 Å². The van der Waals surface area contributed by atoms with Crippen LogP contribution in [0.3, 0.4) is 0 Å². The zero-order valence-corrected chi connectivity index (χ0v) is 20.4. The summed E-state index contributed by atoms with van der Waals surface area (Å²) in [6.07, 6.45) is 2.96. The molecule has 0 aliphatic heterocycles. The number of tetrazole rings is 1. The lowest BCUT2D eigenvalue weighted by Gasteiger charge is -2.35. The van der Waals surface area contributed by atoms with Gasteiger partial charge in [-0.15, -0.1) is 5.10 Å². The minimum Gasteiger partial charge on any atom is -0.465 e. The van der Waals surface area contributed by atoms with Gasteiger partial charge in [0, 0.05) is 23.7 Å². The largest absolute Gasteiger partial charge is 0.465 e. The highest BCUT2D eigenvalue weighted by Gasteiger charge is 2.28. The highest BCUT2D eigenvalue weighted by molar-refractivity contribution is 6.15. The number of rotatable bonds is 8. The first-order valence-electron chi connectivity index (χ1n) is 11.4. The predicted molar refractivity (Wildman–Crippen MR) is 134 cm³/mol. The van der Waals surface area contributed by atoms with Crippen LogP contribution in [0.4, 0.5) is 0 Å². The lowest BCUT2D eigenvalue weighted by molar-refractivity contribution is -0.151. The fourth-order valence-electron chi connectivity index (χ4n) is 3.58. The van der Waals surface area contributed by atoms with Gasteiger partial charge >= 0.3 is 5.97 Å². The Balaban J connectivity index is 1.57. The Morgan fingerprint density at radius 3 is 2.33 bits per heavy atom. The summed E-state index contributed by atoms with van der Waals surface area (Å²) in [7, 11) is 0. The Morgan fingerprint density at radius 1 is 1.00 bits per heavy atom. The van der Waals surface area contributed by atoms with Crippen LogP contribution in [0.5, 0.6) is 0 Å².